The summed E-state index contributed by atoms with van der Waals surface area (Å²) in [7, 11) is 1.50. The van der Waals surface area contributed by atoms with Crippen molar-refractivity contribution < 1.29 is 9.84 Å². The number of nitrogen functional groups attached to an aromatic ring is 1. The lowest BCUT2D eigenvalue weighted by Gasteiger charge is -2.09. The van der Waals surface area contributed by atoms with E-state index in [0.29, 0.717) is 11.4 Å². The highest BCUT2D eigenvalue weighted by atomic mass is 79.9. The number of anilines is 1. The maximum atomic E-state index is 9.72. The molecule has 0 radical (unpaired) electrons. The van der Waals surface area contributed by atoms with E-state index >= 15 is 0 Å². The average Bonchev–Trinajstić information content (AvgIpc) is 2.24. The lowest BCUT2D eigenvalue weighted by atomic mass is 10.1. The van der Waals surface area contributed by atoms with E-state index in [1.165, 1.54) is 7.11 Å². The number of halogens is 1. The number of benzene rings is 2. The predicted molar refractivity (Wildman–Crippen MR) is 64.3 cm³/mol. The van der Waals surface area contributed by atoms with Crippen molar-refractivity contribution in [2.75, 3.05) is 12.8 Å². The highest BCUT2D eigenvalue weighted by Crippen LogP contribution is 2.39. The Kier molecular flexibility index (Phi) is 2.44. The Morgan fingerprint density at radius 2 is 2.07 bits per heavy atom. The molecule has 78 valence electrons. The van der Waals surface area contributed by atoms with Crippen LogP contribution in [0.1, 0.15) is 0 Å². The number of aromatic hydroxyl groups is 1. The van der Waals surface area contributed by atoms with Gasteiger partial charge in [-0.25, -0.2) is 0 Å². The van der Waals surface area contributed by atoms with Crippen LogP contribution in [0, 0.1) is 0 Å². The van der Waals surface area contributed by atoms with Crippen molar-refractivity contribution >= 4 is 32.4 Å². The molecule has 0 bridgehead atoms. The second kappa shape index (κ2) is 3.62. The lowest BCUT2D eigenvalue weighted by Crippen LogP contribution is -1.92. The first kappa shape index (κ1) is 10.1. The van der Waals surface area contributed by atoms with Gasteiger partial charge in [0.15, 0.2) is 11.5 Å². The van der Waals surface area contributed by atoms with Gasteiger partial charge < -0.3 is 15.6 Å². The Morgan fingerprint density at radius 3 is 2.73 bits per heavy atom. The fraction of sp³-hybridized carbons (Fsp3) is 0.0909. The second-order valence-corrected chi connectivity index (χ2v) is 4.12. The first-order valence-electron chi connectivity index (χ1n) is 4.38. The van der Waals surface area contributed by atoms with Crippen LogP contribution in [-0.2, 0) is 0 Å². The number of fused-ring (bicyclic) bond motifs is 1. The van der Waals surface area contributed by atoms with E-state index in [9.17, 15) is 5.11 Å². The molecule has 2 aromatic rings. The van der Waals surface area contributed by atoms with Gasteiger partial charge in [-0.2, -0.15) is 0 Å². The average molecular weight is 268 g/mol. The summed E-state index contributed by atoms with van der Waals surface area (Å²) in [6.07, 6.45) is 0. The fourth-order valence-electron chi connectivity index (χ4n) is 1.51. The first-order chi connectivity index (χ1) is 7.13. The first-order valence-corrected chi connectivity index (χ1v) is 5.17. The molecule has 0 spiro atoms. The predicted octanol–water partition coefficient (Wildman–Crippen LogP) is 2.90. The number of hydrogen-bond donors (Lipinski definition) is 2. The summed E-state index contributed by atoms with van der Waals surface area (Å²) in [5.74, 6) is 0.380. The minimum absolute atomic E-state index is 0.0110. The van der Waals surface area contributed by atoms with Crippen LogP contribution < -0.4 is 10.5 Å². The van der Waals surface area contributed by atoms with Gasteiger partial charge in [-0.05, 0) is 23.6 Å². The largest absolute Gasteiger partial charge is 0.503 e. The summed E-state index contributed by atoms with van der Waals surface area (Å²) in [6, 6.07) is 7.45. The number of nitrogens with two attached hydrogens (primary N) is 1. The molecule has 0 aliphatic rings. The van der Waals surface area contributed by atoms with Crippen molar-refractivity contribution in [1.82, 2.24) is 0 Å². The van der Waals surface area contributed by atoms with E-state index in [1.807, 2.05) is 18.2 Å². The second-order valence-electron chi connectivity index (χ2n) is 3.21. The zero-order valence-electron chi connectivity index (χ0n) is 8.12. The molecule has 4 heteroatoms. The topological polar surface area (TPSA) is 55.5 Å². The summed E-state index contributed by atoms with van der Waals surface area (Å²) in [6.45, 7) is 0. The van der Waals surface area contributed by atoms with Crippen molar-refractivity contribution in [1.29, 1.82) is 0 Å². The third kappa shape index (κ3) is 1.61. The Labute approximate surface area is 95.6 Å². The molecule has 2 rings (SSSR count). The smallest absolute Gasteiger partial charge is 0.181 e. The molecule has 0 saturated carbocycles. The fourth-order valence-corrected chi connectivity index (χ4v) is 1.87. The summed E-state index contributed by atoms with van der Waals surface area (Å²) in [4.78, 5) is 0. The van der Waals surface area contributed by atoms with Gasteiger partial charge in [-0.3, -0.25) is 0 Å². The van der Waals surface area contributed by atoms with Gasteiger partial charge in [-0.1, -0.05) is 22.0 Å². The molecular weight excluding hydrogens is 258 g/mol. The summed E-state index contributed by atoms with van der Waals surface area (Å²) in [5, 5.41) is 11.5. The molecule has 0 aliphatic heterocycles. The Morgan fingerprint density at radius 1 is 1.33 bits per heavy atom. The maximum absolute atomic E-state index is 9.72. The number of methoxy groups -OCH3 is 1. The molecule has 0 amide bonds. The van der Waals surface area contributed by atoms with E-state index in [-0.39, 0.29) is 5.75 Å². The molecule has 0 saturated heterocycles. The van der Waals surface area contributed by atoms with Crippen LogP contribution in [0.2, 0.25) is 0 Å². The van der Waals surface area contributed by atoms with Crippen LogP contribution in [0.3, 0.4) is 0 Å². The van der Waals surface area contributed by atoms with E-state index in [0.717, 1.165) is 15.2 Å². The number of rotatable bonds is 1. The Balaban J connectivity index is 2.84. The number of phenolic OH excluding ortho intramolecular Hbond substituents is 1. The molecular formula is C11H10BrNO2. The third-order valence-electron chi connectivity index (χ3n) is 2.30. The highest BCUT2D eigenvalue weighted by molar-refractivity contribution is 9.10. The molecule has 15 heavy (non-hydrogen) atoms. The maximum Gasteiger partial charge on any atom is 0.181 e. The van der Waals surface area contributed by atoms with Crippen LogP contribution in [0.25, 0.3) is 10.8 Å². The van der Waals surface area contributed by atoms with Crippen LogP contribution in [0.4, 0.5) is 5.69 Å². The van der Waals surface area contributed by atoms with Gasteiger partial charge in [0.05, 0.1) is 12.8 Å². The molecule has 3 nitrogen and oxygen atoms in total. The van der Waals surface area contributed by atoms with Gasteiger partial charge in [0, 0.05) is 9.86 Å². The summed E-state index contributed by atoms with van der Waals surface area (Å²) < 4.78 is 5.94. The molecule has 3 N–H and O–H groups in total. The number of hydrogen-bond acceptors (Lipinski definition) is 3. The highest BCUT2D eigenvalue weighted by Gasteiger charge is 2.10. The van der Waals surface area contributed by atoms with Gasteiger partial charge in [-0.15, -0.1) is 0 Å². The Hall–Kier alpha value is -1.42. The van der Waals surface area contributed by atoms with E-state index in [1.54, 1.807) is 6.07 Å². The van der Waals surface area contributed by atoms with E-state index < -0.39 is 0 Å². The van der Waals surface area contributed by atoms with Gasteiger partial charge >= 0.3 is 0 Å². The standard InChI is InChI=1S/C11H10BrNO2/c1-15-9-4-6-2-3-7(12)5-8(6)10(13)11(9)14/h2-5,14H,13H2,1H3. The van der Waals surface area contributed by atoms with Crippen molar-refractivity contribution in [2.45, 2.75) is 0 Å². The van der Waals surface area contributed by atoms with Crippen molar-refractivity contribution in [3.05, 3.63) is 28.7 Å². The van der Waals surface area contributed by atoms with Gasteiger partial charge in [0.25, 0.3) is 0 Å². The number of phenols is 1. The zero-order chi connectivity index (χ0) is 11.0. The monoisotopic (exact) mass is 267 g/mol. The summed E-state index contributed by atoms with van der Waals surface area (Å²) >= 11 is 3.36. The zero-order valence-corrected chi connectivity index (χ0v) is 9.71. The van der Waals surface area contributed by atoms with E-state index in [4.69, 9.17) is 10.5 Å². The third-order valence-corrected chi connectivity index (χ3v) is 2.79. The lowest BCUT2D eigenvalue weighted by molar-refractivity contribution is 0.375. The summed E-state index contributed by atoms with van der Waals surface area (Å²) in [5.41, 5.74) is 6.15. The van der Waals surface area contributed by atoms with Crippen LogP contribution in [0.15, 0.2) is 28.7 Å². The SMILES string of the molecule is COc1cc2ccc(Br)cc2c(N)c1O. The molecule has 0 atom stereocenters. The minimum Gasteiger partial charge on any atom is -0.503 e. The van der Waals surface area contributed by atoms with Crippen LogP contribution >= 0.6 is 15.9 Å². The van der Waals surface area contributed by atoms with Crippen molar-refractivity contribution in [2.24, 2.45) is 0 Å². The Bertz CT molecular complexity index is 525. The molecule has 0 unspecified atom stereocenters. The van der Waals surface area contributed by atoms with E-state index in [2.05, 4.69) is 15.9 Å². The number of ether oxygens (including phenoxy) is 1. The molecule has 0 heterocycles. The normalized spacial score (nSPS) is 10.5. The van der Waals surface area contributed by atoms with Gasteiger partial charge in [0.1, 0.15) is 0 Å². The van der Waals surface area contributed by atoms with Crippen LogP contribution in [0.5, 0.6) is 11.5 Å². The molecule has 0 fully saturated rings. The quantitative estimate of drug-likeness (QED) is 0.617. The molecule has 0 aromatic heterocycles. The minimum atomic E-state index is -0.0110. The van der Waals surface area contributed by atoms with Crippen molar-refractivity contribution in [3.63, 3.8) is 0 Å². The van der Waals surface area contributed by atoms with Gasteiger partial charge in [0.2, 0.25) is 0 Å². The van der Waals surface area contributed by atoms with Crippen LogP contribution in [-0.4, -0.2) is 12.2 Å². The van der Waals surface area contributed by atoms with Crippen molar-refractivity contribution in [3.8, 4) is 11.5 Å². The molecule has 2 aromatic carbocycles. The molecule has 0 aliphatic carbocycles.